The SMILES string of the molecule is CNc1ncc(Br)cc1S(=O)(=O)NC1CCCSC1. The van der Waals surface area contributed by atoms with Crippen LogP contribution in [0.1, 0.15) is 12.8 Å². The standard InChI is InChI=1S/C11H16BrN3O2S2/c1-13-11-10(5-8(12)6-14-11)19(16,17)15-9-3-2-4-18-7-9/h5-6,9,15H,2-4,7H2,1H3,(H,13,14). The normalized spacial score (nSPS) is 20.2. The maximum Gasteiger partial charge on any atom is 0.244 e. The summed E-state index contributed by atoms with van der Waals surface area (Å²) in [5.74, 6) is 2.30. The van der Waals surface area contributed by atoms with Crippen molar-refractivity contribution < 1.29 is 8.42 Å². The lowest BCUT2D eigenvalue weighted by Gasteiger charge is -2.22. The first-order valence-electron chi connectivity index (χ1n) is 5.96. The second-order valence-corrected chi connectivity index (χ2v) is 8.03. The van der Waals surface area contributed by atoms with E-state index in [0.29, 0.717) is 10.3 Å². The van der Waals surface area contributed by atoms with Crippen LogP contribution in [0.25, 0.3) is 0 Å². The highest BCUT2D eigenvalue weighted by atomic mass is 79.9. The van der Waals surface area contributed by atoms with Crippen molar-refractivity contribution in [1.29, 1.82) is 0 Å². The Hall–Kier alpha value is -0.310. The van der Waals surface area contributed by atoms with Crippen LogP contribution in [0.3, 0.4) is 0 Å². The Morgan fingerprint density at radius 1 is 1.53 bits per heavy atom. The van der Waals surface area contributed by atoms with E-state index in [-0.39, 0.29) is 10.9 Å². The molecule has 0 aliphatic carbocycles. The van der Waals surface area contributed by atoms with Crippen molar-refractivity contribution >= 4 is 43.5 Å². The monoisotopic (exact) mass is 365 g/mol. The molecule has 2 N–H and O–H groups in total. The molecule has 0 spiro atoms. The van der Waals surface area contributed by atoms with Gasteiger partial charge in [-0.2, -0.15) is 11.8 Å². The number of nitrogens with one attached hydrogen (secondary N) is 2. The lowest BCUT2D eigenvalue weighted by Crippen LogP contribution is -2.38. The third-order valence-electron chi connectivity index (χ3n) is 2.83. The largest absolute Gasteiger partial charge is 0.372 e. The van der Waals surface area contributed by atoms with Crippen LogP contribution in [0.2, 0.25) is 0 Å². The Labute approximate surface area is 126 Å². The predicted molar refractivity (Wildman–Crippen MR) is 82.2 cm³/mol. The lowest BCUT2D eigenvalue weighted by molar-refractivity contribution is 0.543. The van der Waals surface area contributed by atoms with E-state index in [1.807, 2.05) is 0 Å². The Morgan fingerprint density at radius 2 is 2.32 bits per heavy atom. The topological polar surface area (TPSA) is 71.1 Å². The summed E-state index contributed by atoms with van der Waals surface area (Å²) in [7, 11) is -1.89. The number of pyridine rings is 1. The van der Waals surface area contributed by atoms with Crippen LogP contribution >= 0.6 is 27.7 Å². The van der Waals surface area contributed by atoms with Gasteiger partial charge in [0.15, 0.2) is 0 Å². The van der Waals surface area contributed by atoms with Gasteiger partial charge in [0.1, 0.15) is 10.7 Å². The highest BCUT2D eigenvalue weighted by Crippen LogP contribution is 2.24. The minimum Gasteiger partial charge on any atom is -0.372 e. The average Bonchev–Trinajstić information content (AvgIpc) is 2.39. The zero-order chi connectivity index (χ0) is 13.9. The number of aromatic nitrogens is 1. The number of hydrogen-bond acceptors (Lipinski definition) is 5. The van der Waals surface area contributed by atoms with Crippen molar-refractivity contribution in [3.05, 3.63) is 16.7 Å². The number of rotatable bonds is 4. The molecule has 1 saturated heterocycles. The van der Waals surface area contributed by atoms with Crippen molar-refractivity contribution in [3.63, 3.8) is 0 Å². The molecule has 5 nitrogen and oxygen atoms in total. The van der Waals surface area contributed by atoms with Gasteiger partial charge in [-0.25, -0.2) is 18.1 Å². The number of sulfonamides is 1. The fraction of sp³-hybridized carbons (Fsp3) is 0.545. The molecule has 1 atom stereocenters. The zero-order valence-electron chi connectivity index (χ0n) is 10.5. The molecule has 1 aromatic heterocycles. The van der Waals surface area contributed by atoms with Crippen LogP contribution < -0.4 is 10.0 Å². The first-order chi connectivity index (χ1) is 9.03. The molecule has 1 aliphatic rings. The van der Waals surface area contributed by atoms with E-state index < -0.39 is 10.0 Å². The molecule has 19 heavy (non-hydrogen) atoms. The van der Waals surface area contributed by atoms with Gasteiger partial charge in [-0.05, 0) is 40.6 Å². The minimum absolute atomic E-state index is 0.00689. The van der Waals surface area contributed by atoms with Crippen LogP contribution in [0.4, 0.5) is 5.82 Å². The molecule has 2 heterocycles. The van der Waals surface area contributed by atoms with Gasteiger partial charge in [0.2, 0.25) is 10.0 Å². The van der Waals surface area contributed by atoms with E-state index in [0.717, 1.165) is 24.3 Å². The van der Waals surface area contributed by atoms with Gasteiger partial charge in [0.05, 0.1) is 0 Å². The minimum atomic E-state index is -3.54. The van der Waals surface area contributed by atoms with Gasteiger partial charge in [0.25, 0.3) is 0 Å². The third kappa shape index (κ3) is 3.84. The molecule has 1 aromatic rings. The van der Waals surface area contributed by atoms with E-state index in [1.54, 1.807) is 31.1 Å². The molecule has 0 aromatic carbocycles. The van der Waals surface area contributed by atoms with Crippen LogP contribution in [-0.2, 0) is 10.0 Å². The number of anilines is 1. The van der Waals surface area contributed by atoms with Crippen molar-refractivity contribution in [1.82, 2.24) is 9.71 Å². The summed E-state index contributed by atoms with van der Waals surface area (Å²) in [6.07, 6.45) is 3.51. The smallest absolute Gasteiger partial charge is 0.244 e. The Morgan fingerprint density at radius 3 is 2.95 bits per heavy atom. The highest BCUT2D eigenvalue weighted by Gasteiger charge is 2.25. The molecule has 0 saturated carbocycles. The lowest BCUT2D eigenvalue weighted by atomic mass is 10.2. The third-order valence-corrected chi connectivity index (χ3v) is 6.01. The van der Waals surface area contributed by atoms with E-state index in [2.05, 4.69) is 31.0 Å². The molecule has 8 heteroatoms. The summed E-state index contributed by atoms with van der Waals surface area (Å²) in [5.41, 5.74) is 0. The summed E-state index contributed by atoms with van der Waals surface area (Å²) in [4.78, 5) is 4.25. The fourth-order valence-electron chi connectivity index (χ4n) is 1.93. The van der Waals surface area contributed by atoms with Gasteiger partial charge in [-0.1, -0.05) is 0 Å². The molecule has 0 amide bonds. The number of thioether (sulfide) groups is 1. The van der Waals surface area contributed by atoms with Crippen LogP contribution in [-0.4, -0.2) is 38.0 Å². The van der Waals surface area contributed by atoms with Gasteiger partial charge >= 0.3 is 0 Å². The molecule has 0 bridgehead atoms. The molecule has 1 unspecified atom stereocenters. The molecule has 1 aliphatic heterocycles. The molecule has 1 fully saturated rings. The Bertz CT molecular complexity index is 545. The average molecular weight is 366 g/mol. The number of hydrogen-bond donors (Lipinski definition) is 2. The summed E-state index contributed by atoms with van der Waals surface area (Å²) in [5, 5.41) is 2.81. The molecule has 0 radical (unpaired) electrons. The molecule has 106 valence electrons. The first-order valence-corrected chi connectivity index (χ1v) is 9.39. The highest BCUT2D eigenvalue weighted by molar-refractivity contribution is 9.10. The first kappa shape index (κ1) is 15.1. The second kappa shape index (κ2) is 6.43. The fourth-order valence-corrected chi connectivity index (χ4v) is 5.05. The van der Waals surface area contributed by atoms with E-state index in [4.69, 9.17) is 0 Å². The van der Waals surface area contributed by atoms with Crippen LogP contribution in [0.15, 0.2) is 21.6 Å². The van der Waals surface area contributed by atoms with Gasteiger partial charge in [-0.15, -0.1) is 0 Å². The van der Waals surface area contributed by atoms with Crippen molar-refractivity contribution in [2.75, 3.05) is 23.9 Å². The van der Waals surface area contributed by atoms with E-state index >= 15 is 0 Å². The maximum absolute atomic E-state index is 12.4. The summed E-state index contributed by atoms with van der Waals surface area (Å²) in [6.45, 7) is 0. The summed E-state index contributed by atoms with van der Waals surface area (Å²) in [6, 6.07) is 1.57. The second-order valence-electron chi connectivity index (χ2n) is 4.29. The zero-order valence-corrected chi connectivity index (χ0v) is 13.7. The summed E-state index contributed by atoms with van der Waals surface area (Å²) < 4.78 is 28.2. The van der Waals surface area contributed by atoms with Gasteiger partial charge in [0, 0.05) is 29.5 Å². The quantitative estimate of drug-likeness (QED) is 0.854. The Kier molecular flexibility index (Phi) is 5.10. The predicted octanol–water partition coefficient (Wildman–Crippen LogP) is 2.06. The number of halogens is 1. The molecule has 2 rings (SSSR count). The van der Waals surface area contributed by atoms with Crippen LogP contribution in [0, 0.1) is 0 Å². The van der Waals surface area contributed by atoms with Crippen molar-refractivity contribution in [3.8, 4) is 0 Å². The maximum atomic E-state index is 12.4. The Balaban J connectivity index is 2.25. The van der Waals surface area contributed by atoms with Gasteiger partial charge in [-0.3, -0.25) is 0 Å². The van der Waals surface area contributed by atoms with E-state index in [1.165, 1.54) is 0 Å². The van der Waals surface area contributed by atoms with Crippen LogP contribution in [0.5, 0.6) is 0 Å². The molecular formula is C11H16BrN3O2S2. The summed E-state index contributed by atoms with van der Waals surface area (Å²) >= 11 is 5.04. The van der Waals surface area contributed by atoms with Crippen molar-refractivity contribution in [2.24, 2.45) is 0 Å². The molecular weight excluding hydrogens is 350 g/mol. The van der Waals surface area contributed by atoms with Crippen molar-refractivity contribution in [2.45, 2.75) is 23.8 Å². The van der Waals surface area contributed by atoms with Gasteiger partial charge < -0.3 is 5.32 Å². The number of nitrogens with zero attached hydrogens (tertiary/aromatic N) is 1. The van der Waals surface area contributed by atoms with E-state index in [9.17, 15) is 8.42 Å².